The second-order valence-electron chi connectivity index (χ2n) is 6.76. The van der Waals surface area contributed by atoms with Crippen LogP contribution in [0.2, 0.25) is 0 Å². The van der Waals surface area contributed by atoms with Crippen molar-refractivity contribution in [3.63, 3.8) is 0 Å². The Balaban J connectivity index is 1.86. The van der Waals surface area contributed by atoms with Crippen molar-refractivity contribution in [3.8, 4) is 0 Å². The summed E-state index contributed by atoms with van der Waals surface area (Å²) in [5.74, 6) is 0.685. The van der Waals surface area contributed by atoms with Gasteiger partial charge in [0.05, 0.1) is 30.6 Å². The summed E-state index contributed by atoms with van der Waals surface area (Å²) in [6, 6.07) is 7.90. The highest BCUT2D eigenvalue weighted by Crippen LogP contribution is 2.29. The minimum absolute atomic E-state index is 0.0459. The fourth-order valence-electron chi connectivity index (χ4n) is 3.00. The van der Waals surface area contributed by atoms with Gasteiger partial charge >= 0.3 is 0 Å². The summed E-state index contributed by atoms with van der Waals surface area (Å²) in [4.78, 5) is 21.4. The molecule has 0 bridgehead atoms. The number of benzene rings is 1. The molecule has 0 fully saturated rings. The number of nitrogens with zero attached hydrogens (tertiary/aromatic N) is 3. The zero-order valence-electron chi connectivity index (χ0n) is 16.1. The summed E-state index contributed by atoms with van der Waals surface area (Å²) in [6.07, 6.45) is 1.81. The number of ether oxygens (including phenoxy) is 2. The van der Waals surface area contributed by atoms with Crippen LogP contribution in [0.3, 0.4) is 0 Å². The number of rotatable bonds is 9. The summed E-state index contributed by atoms with van der Waals surface area (Å²) in [6.45, 7) is 8.53. The van der Waals surface area contributed by atoms with Crippen LogP contribution < -0.4 is 5.32 Å². The lowest BCUT2D eigenvalue weighted by Crippen LogP contribution is -2.20. The molecule has 7 nitrogen and oxygen atoms in total. The third-order valence-corrected chi connectivity index (χ3v) is 4.08. The lowest BCUT2D eigenvalue weighted by Gasteiger charge is -2.11. The average Bonchev–Trinajstić information content (AvgIpc) is 3.05. The minimum atomic E-state index is -0.256. The van der Waals surface area contributed by atoms with Gasteiger partial charge in [0.15, 0.2) is 5.82 Å². The molecule has 0 saturated carbocycles. The quantitative estimate of drug-likeness (QED) is 0.585. The van der Waals surface area contributed by atoms with E-state index in [1.165, 1.54) is 0 Å². The van der Waals surface area contributed by atoms with Crippen molar-refractivity contribution in [3.05, 3.63) is 30.6 Å². The highest BCUT2D eigenvalue weighted by Gasteiger charge is 2.16. The minimum Gasteiger partial charge on any atom is -0.379 e. The standard InChI is InChI=1S/C20H26N4O3/c1-4-26-9-10-27-12-17(25)23-20-18-19(24(13-21-18)11-14(2)3)15-7-5-6-8-16(15)22-20/h5-8,13-14H,4,9-12H2,1-3H3,(H,22,23,25). The van der Waals surface area contributed by atoms with E-state index in [0.717, 1.165) is 23.0 Å². The number of pyridine rings is 1. The molecule has 0 saturated heterocycles. The molecule has 2 aromatic heterocycles. The van der Waals surface area contributed by atoms with Gasteiger partial charge in [-0.05, 0) is 18.9 Å². The first-order valence-electron chi connectivity index (χ1n) is 9.29. The van der Waals surface area contributed by atoms with Gasteiger partial charge in [0.2, 0.25) is 0 Å². The van der Waals surface area contributed by atoms with E-state index in [4.69, 9.17) is 9.47 Å². The summed E-state index contributed by atoms with van der Waals surface area (Å²) >= 11 is 0. The van der Waals surface area contributed by atoms with E-state index >= 15 is 0 Å². The Kier molecular flexibility index (Phi) is 6.36. The van der Waals surface area contributed by atoms with Crippen LogP contribution in [0.5, 0.6) is 0 Å². The first kappa shape index (κ1) is 19.3. The van der Waals surface area contributed by atoms with Crippen molar-refractivity contribution in [1.29, 1.82) is 0 Å². The third kappa shape index (κ3) is 4.61. The second-order valence-corrected chi connectivity index (χ2v) is 6.76. The Labute approximate surface area is 158 Å². The molecule has 0 atom stereocenters. The van der Waals surface area contributed by atoms with Crippen LogP contribution in [0.25, 0.3) is 21.9 Å². The molecular formula is C20H26N4O3. The molecule has 7 heteroatoms. The lowest BCUT2D eigenvalue weighted by atomic mass is 10.1. The fraction of sp³-hybridized carbons (Fsp3) is 0.450. The summed E-state index contributed by atoms with van der Waals surface area (Å²) in [5.41, 5.74) is 2.50. The SMILES string of the molecule is CCOCCOCC(=O)Nc1nc2ccccc2c2c1ncn2CC(C)C. The summed E-state index contributed by atoms with van der Waals surface area (Å²) < 4.78 is 12.7. The Hall–Kier alpha value is -2.51. The second kappa shape index (κ2) is 8.92. The number of hydrogen-bond acceptors (Lipinski definition) is 5. The van der Waals surface area contributed by atoms with E-state index in [1.807, 2.05) is 37.5 Å². The summed E-state index contributed by atoms with van der Waals surface area (Å²) in [5, 5.41) is 3.87. The van der Waals surface area contributed by atoms with Crippen LogP contribution in [0, 0.1) is 5.92 Å². The van der Waals surface area contributed by atoms with Gasteiger partial charge in [-0.25, -0.2) is 9.97 Å². The van der Waals surface area contributed by atoms with Crippen molar-refractivity contribution in [2.45, 2.75) is 27.3 Å². The number of hydrogen-bond donors (Lipinski definition) is 1. The van der Waals surface area contributed by atoms with Gasteiger partial charge in [0.25, 0.3) is 5.91 Å². The number of carbonyl (C=O) groups excluding carboxylic acids is 1. The zero-order chi connectivity index (χ0) is 19.2. The highest BCUT2D eigenvalue weighted by molar-refractivity contribution is 6.09. The molecule has 0 aliphatic heterocycles. The lowest BCUT2D eigenvalue weighted by molar-refractivity contribution is -0.121. The van der Waals surface area contributed by atoms with Crippen LogP contribution in [-0.4, -0.2) is 46.9 Å². The van der Waals surface area contributed by atoms with Gasteiger partial charge in [-0.1, -0.05) is 32.0 Å². The monoisotopic (exact) mass is 370 g/mol. The first-order valence-corrected chi connectivity index (χ1v) is 9.29. The van der Waals surface area contributed by atoms with Crippen molar-refractivity contribution >= 4 is 33.7 Å². The van der Waals surface area contributed by atoms with E-state index in [0.29, 0.717) is 37.1 Å². The van der Waals surface area contributed by atoms with Crippen molar-refractivity contribution in [2.75, 3.05) is 31.7 Å². The number of anilines is 1. The van der Waals surface area contributed by atoms with Crippen LogP contribution in [0.1, 0.15) is 20.8 Å². The predicted molar refractivity (Wildman–Crippen MR) is 106 cm³/mol. The number of para-hydroxylation sites is 1. The topological polar surface area (TPSA) is 78.3 Å². The molecule has 3 aromatic rings. The van der Waals surface area contributed by atoms with Gasteiger partial charge < -0.3 is 19.4 Å². The van der Waals surface area contributed by atoms with Crippen molar-refractivity contribution < 1.29 is 14.3 Å². The number of fused-ring (bicyclic) bond motifs is 3. The molecule has 0 spiro atoms. The number of amides is 1. The van der Waals surface area contributed by atoms with E-state index in [2.05, 4.69) is 33.7 Å². The van der Waals surface area contributed by atoms with Gasteiger partial charge in [0.1, 0.15) is 12.1 Å². The molecule has 3 rings (SSSR count). The summed E-state index contributed by atoms with van der Waals surface area (Å²) in [7, 11) is 0. The molecule has 1 amide bonds. The van der Waals surface area contributed by atoms with Gasteiger partial charge in [0, 0.05) is 18.5 Å². The van der Waals surface area contributed by atoms with Crippen LogP contribution >= 0.6 is 0 Å². The highest BCUT2D eigenvalue weighted by atomic mass is 16.5. The number of aromatic nitrogens is 3. The molecule has 0 aliphatic rings. The van der Waals surface area contributed by atoms with E-state index in [9.17, 15) is 4.79 Å². The maximum Gasteiger partial charge on any atom is 0.251 e. The van der Waals surface area contributed by atoms with Crippen LogP contribution in [0.15, 0.2) is 30.6 Å². The molecule has 1 aromatic carbocycles. The molecule has 144 valence electrons. The molecule has 1 N–H and O–H groups in total. The Morgan fingerprint density at radius 2 is 2.00 bits per heavy atom. The zero-order valence-corrected chi connectivity index (χ0v) is 16.1. The normalized spacial score (nSPS) is 11.6. The predicted octanol–water partition coefficient (Wildman–Crippen LogP) is 3.23. The average molecular weight is 370 g/mol. The fourth-order valence-corrected chi connectivity index (χ4v) is 3.00. The Morgan fingerprint density at radius 3 is 2.78 bits per heavy atom. The number of carbonyl (C=O) groups is 1. The molecular weight excluding hydrogens is 344 g/mol. The van der Waals surface area contributed by atoms with Crippen molar-refractivity contribution in [2.24, 2.45) is 5.92 Å². The molecule has 2 heterocycles. The Bertz CT molecular complexity index is 920. The maximum absolute atomic E-state index is 12.3. The number of nitrogens with one attached hydrogen (secondary N) is 1. The van der Waals surface area contributed by atoms with Gasteiger partial charge in [-0.15, -0.1) is 0 Å². The number of imidazole rings is 1. The molecule has 0 aliphatic carbocycles. The Morgan fingerprint density at radius 1 is 1.22 bits per heavy atom. The molecule has 27 heavy (non-hydrogen) atoms. The van der Waals surface area contributed by atoms with E-state index < -0.39 is 0 Å². The van der Waals surface area contributed by atoms with Gasteiger partial charge in [-0.3, -0.25) is 4.79 Å². The van der Waals surface area contributed by atoms with E-state index in [-0.39, 0.29) is 12.5 Å². The van der Waals surface area contributed by atoms with E-state index in [1.54, 1.807) is 0 Å². The maximum atomic E-state index is 12.3. The van der Waals surface area contributed by atoms with Gasteiger partial charge in [-0.2, -0.15) is 0 Å². The molecule has 0 radical (unpaired) electrons. The first-order chi connectivity index (χ1) is 13.1. The molecule has 0 unspecified atom stereocenters. The third-order valence-electron chi connectivity index (χ3n) is 4.08. The smallest absolute Gasteiger partial charge is 0.251 e. The van der Waals surface area contributed by atoms with Crippen LogP contribution in [0.4, 0.5) is 5.82 Å². The van der Waals surface area contributed by atoms with Crippen LogP contribution in [-0.2, 0) is 20.8 Å². The largest absolute Gasteiger partial charge is 0.379 e. The van der Waals surface area contributed by atoms with Crippen molar-refractivity contribution in [1.82, 2.24) is 14.5 Å².